The number of methoxy groups -OCH3 is 1. The van der Waals surface area contributed by atoms with E-state index in [0.717, 1.165) is 10.9 Å². The molecule has 0 saturated heterocycles. The number of nitrogens with one attached hydrogen (secondary N) is 1. The van der Waals surface area contributed by atoms with Crippen LogP contribution in [0.5, 0.6) is 0 Å². The van der Waals surface area contributed by atoms with Crippen LogP contribution < -0.4 is 5.32 Å². The van der Waals surface area contributed by atoms with Crippen LogP contribution in [0.2, 0.25) is 5.02 Å². The van der Waals surface area contributed by atoms with Crippen LogP contribution in [0.15, 0.2) is 22.6 Å². The molecule has 2 aromatic rings. The lowest BCUT2D eigenvalue weighted by atomic mass is 10.1. The topological polar surface area (TPSA) is 51.5 Å². The SMILES string of the molecule is COCCNC(=O)c1oc2c(Cl)cccc2c1C. The molecule has 0 aliphatic rings. The van der Waals surface area contributed by atoms with Gasteiger partial charge in [-0.2, -0.15) is 0 Å². The summed E-state index contributed by atoms with van der Waals surface area (Å²) in [5.74, 6) is 0.0472. The van der Waals surface area contributed by atoms with Crippen LogP contribution in [0.4, 0.5) is 0 Å². The minimum atomic E-state index is -0.253. The molecule has 0 saturated carbocycles. The third-order valence-electron chi connectivity index (χ3n) is 2.71. The first-order valence-electron chi connectivity index (χ1n) is 5.60. The van der Waals surface area contributed by atoms with Gasteiger partial charge in [0.05, 0.1) is 11.6 Å². The van der Waals surface area contributed by atoms with Gasteiger partial charge < -0.3 is 14.5 Å². The van der Waals surface area contributed by atoms with Crippen LogP contribution in [0.3, 0.4) is 0 Å². The predicted molar refractivity (Wildman–Crippen MR) is 70.2 cm³/mol. The van der Waals surface area contributed by atoms with E-state index >= 15 is 0 Å². The molecule has 0 unspecified atom stereocenters. The number of rotatable bonds is 4. The molecule has 0 aliphatic carbocycles. The number of hydrogen-bond donors (Lipinski definition) is 1. The number of benzene rings is 1. The van der Waals surface area contributed by atoms with Gasteiger partial charge in [-0.05, 0) is 13.0 Å². The van der Waals surface area contributed by atoms with Gasteiger partial charge in [0.15, 0.2) is 11.3 Å². The van der Waals surface area contributed by atoms with Crippen molar-refractivity contribution in [2.75, 3.05) is 20.3 Å². The lowest BCUT2D eigenvalue weighted by Gasteiger charge is -2.02. The number of para-hydroxylation sites is 1. The number of hydrogen-bond acceptors (Lipinski definition) is 3. The first-order chi connectivity index (χ1) is 8.65. The summed E-state index contributed by atoms with van der Waals surface area (Å²) < 4.78 is 10.4. The number of carbonyl (C=O) groups is 1. The Hall–Kier alpha value is -1.52. The minimum absolute atomic E-state index is 0.253. The highest BCUT2D eigenvalue weighted by Gasteiger charge is 2.18. The van der Waals surface area contributed by atoms with Crippen LogP contribution in [0, 0.1) is 6.92 Å². The van der Waals surface area contributed by atoms with E-state index in [9.17, 15) is 4.79 Å². The Morgan fingerprint density at radius 3 is 2.94 bits per heavy atom. The average Bonchev–Trinajstić information content (AvgIpc) is 2.69. The van der Waals surface area contributed by atoms with Gasteiger partial charge in [-0.25, -0.2) is 0 Å². The van der Waals surface area contributed by atoms with Gasteiger partial charge in [0, 0.05) is 24.6 Å². The van der Waals surface area contributed by atoms with Crippen molar-refractivity contribution in [3.63, 3.8) is 0 Å². The van der Waals surface area contributed by atoms with Gasteiger partial charge in [-0.1, -0.05) is 23.7 Å². The van der Waals surface area contributed by atoms with Crippen LogP contribution in [-0.2, 0) is 4.74 Å². The van der Waals surface area contributed by atoms with E-state index in [-0.39, 0.29) is 5.91 Å². The highest BCUT2D eigenvalue weighted by atomic mass is 35.5. The molecule has 0 atom stereocenters. The second kappa shape index (κ2) is 5.42. The van der Waals surface area contributed by atoms with E-state index in [2.05, 4.69) is 5.32 Å². The van der Waals surface area contributed by atoms with E-state index in [0.29, 0.717) is 29.5 Å². The molecule has 1 N–H and O–H groups in total. The fourth-order valence-corrected chi connectivity index (χ4v) is 1.99. The number of halogens is 1. The van der Waals surface area contributed by atoms with Crippen molar-refractivity contribution in [2.45, 2.75) is 6.92 Å². The van der Waals surface area contributed by atoms with Gasteiger partial charge in [-0.15, -0.1) is 0 Å². The summed E-state index contributed by atoms with van der Waals surface area (Å²) in [4.78, 5) is 11.9. The van der Waals surface area contributed by atoms with E-state index in [4.69, 9.17) is 20.8 Å². The monoisotopic (exact) mass is 267 g/mol. The van der Waals surface area contributed by atoms with Crippen molar-refractivity contribution in [2.24, 2.45) is 0 Å². The maximum Gasteiger partial charge on any atom is 0.287 e. The normalized spacial score (nSPS) is 10.8. The van der Waals surface area contributed by atoms with Crippen molar-refractivity contribution in [3.8, 4) is 0 Å². The van der Waals surface area contributed by atoms with Gasteiger partial charge in [0.2, 0.25) is 0 Å². The molecule has 18 heavy (non-hydrogen) atoms. The highest BCUT2D eigenvalue weighted by Crippen LogP contribution is 2.30. The predicted octanol–water partition coefficient (Wildman–Crippen LogP) is 2.77. The first-order valence-corrected chi connectivity index (χ1v) is 5.97. The molecule has 96 valence electrons. The van der Waals surface area contributed by atoms with Crippen LogP contribution in [0.1, 0.15) is 16.1 Å². The summed E-state index contributed by atoms with van der Waals surface area (Å²) in [6.07, 6.45) is 0. The van der Waals surface area contributed by atoms with Crippen LogP contribution in [0.25, 0.3) is 11.0 Å². The van der Waals surface area contributed by atoms with Gasteiger partial charge in [0.25, 0.3) is 5.91 Å². The molecular weight excluding hydrogens is 254 g/mol. The zero-order valence-electron chi connectivity index (χ0n) is 10.2. The van der Waals surface area contributed by atoms with E-state index in [1.54, 1.807) is 13.2 Å². The number of furan rings is 1. The number of ether oxygens (including phenoxy) is 1. The van der Waals surface area contributed by atoms with Crippen molar-refractivity contribution in [3.05, 3.63) is 34.5 Å². The quantitative estimate of drug-likeness (QED) is 0.867. The number of carbonyl (C=O) groups excluding carboxylic acids is 1. The average molecular weight is 268 g/mol. The summed E-state index contributed by atoms with van der Waals surface area (Å²) in [6, 6.07) is 5.45. The smallest absolute Gasteiger partial charge is 0.287 e. The van der Waals surface area contributed by atoms with Gasteiger partial charge >= 0.3 is 0 Å². The van der Waals surface area contributed by atoms with Gasteiger partial charge in [-0.3, -0.25) is 4.79 Å². The molecule has 1 heterocycles. The number of fused-ring (bicyclic) bond motifs is 1. The number of amides is 1. The molecule has 0 bridgehead atoms. The highest BCUT2D eigenvalue weighted by molar-refractivity contribution is 6.35. The van der Waals surface area contributed by atoms with E-state index < -0.39 is 0 Å². The second-order valence-corrected chi connectivity index (χ2v) is 4.33. The minimum Gasteiger partial charge on any atom is -0.449 e. The van der Waals surface area contributed by atoms with Crippen molar-refractivity contribution in [1.82, 2.24) is 5.32 Å². The maximum absolute atomic E-state index is 11.9. The lowest BCUT2D eigenvalue weighted by Crippen LogP contribution is -2.27. The molecule has 0 spiro atoms. The molecule has 0 aliphatic heterocycles. The first kappa shape index (κ1) is 12.9. The molecule has 1 aromatic carbocycles. The summed E-state index contributed by atoms with van der Waals surface area (Å²) >= 11 is 6.03. The molecule has 5 heteroatoms. The third-order valence-corrected chi connectivity index (χ3v) is 3.01. The molecular formula is C13H14ClNO3. The molecule has 4 nitrogen and oxygen atoms in total. The number of aryl methyl sites for hydroxylation is 1. The van der Waals surface area contributed by atoms with Crippen molar-refractivity contribution < 1.29 is 13.9 Å². The molecule has 1 amide bonds. The maximum atomic E-state index is 11.9. The Morgan fingerprint density at radius 1 is 1.50 bits per heavy atom. The van der Waals surface area contributed by atoms with Gasteiger partial charge in [0.1, 0.15) is 0 Å². The molecule has 0 fully saturated rings. The Labute approximate surface area is 110 Å². The third kappa shape index (κ3) is 2.35. The lowest BCUT2D eigenvalue weighted by molar-refractivity contribution is 0.0911. The molecule has 0 radical (unpaired) electrons. The Morgan fingerprint density at radius 2 is 2.28 bits per heavy atom. The standard InChI is InChI=1S/C13H14ClNO3/c1-8-9-4-3-5-10(14)12(9)18-11(8)13(16)15-6-7-17-2/h3-5H,6-7H2,1-2H3,(H,15,16). The Bertz CT molecular complexity index is 577. The van der Waals surface area contributed by atoms with Crippen LogP contribution in [-0.4, -0.2) is 26.2 Å². The summed E-state index contributed by atoms with van der Waals surface area (Å²) in [7, 11) is 1.58. The van der Waals surface area contributed by atoms with Crippen LogP contribution >= 0.6 is 11.6 Å². The zero-order valence-corrected chi connectivity index (χ0v) is 11.0. The summed E-state index contributed by atoms with van der Waals surface area (Å²) in [5.41, 5.74) is 1.34. The zero-order chi connectivity index (χ0) is 13.1. The summed E-state index contributed by atoms with van der Waals surface area (Å²) in [5, 5.41) is 4.09. The fraction of sp³-hybridized carbons (Fsp3) is 0.308. The molecule has 2 rings (SSSR count). The fourth-order valence-electron chi connectivity index (χ4n) is 1.77. The van der Waals surface area contributed by atoms with Crippen molar-refractivity contribution in [1.29, 1.82) is 0 Å². The summed E-state index contributed by atoms with van der Waals surface area (Å²) in [6.45, 7) is 2.75. The Kier molecular flexibility index (Phi) is 3.89. The van der Waals surface area contributed by atoms with E-state index in [1.165, 1.54) is 0 Å². The van der Waals surface area contributed by atoms with Crippen molar-refractivity contribution >= 4 is 28.5 Å². The van der Waals surface area contributed by atoms with E-state index in [1.807, 2.05) is 19.1 Å². The largest absolute Gasteiger partial charge is 0.449 e. The second-order valence-electron chi connectivity index (χ2n) is 3.92. The molecule has 1 aromatic heterocycles. The Balaban J connectivity index is 2.31.